The molecule has 24 heavy (non-hydrogen) atoms. The average molecular weight is 355 g/mol. The summed E-state index contributed by atoms with van der Waals surface area (Å²) in [6, 6.07) is 9.08. The largest absolute Gasteiger partial charge is 0.416 e. The zero-order chi connectivity index (χ0) is 17.9. The number of anilines is 2. The molecule has 0 unspecified atom stereocenters. The number of aryl methyl sites for hydroxylation is 1. The van der Waals surface area contributed by atoms with Gasteiger partial charge in [-0.05, 0) is 42.3 Å². The van der Waals surface area contributed by atoms with Crippen LogP contribution in [0.1, 0.15) is 16.7 Å². The van der Waals surface area contributed by atoms with Crippen LogP contribution in [-0.4, -0.2) is 10.3 Å². The Hall–Kier alpha value is -2.35. The molecule has 2 amide bonds. The fourth-order valence-corrected chi connectivity index (χ4v) is 2.32. The molecule has 0 aliphatic carbocycles. The number of urea groups is 1. The molecule has 0 aromatic heterocycles. The molecular formula is C16H16F3N3OS. The Bertz CT molecular complexity index is 729. The Morgan fingerprint density at radius 2 is 1.92 bits per heavy atom. The molecule has 3 N–H and O–H groups in total. The minimum atomic E-state index is -4.48. The number of nitrogens with zero attached hydrogens (tertiary/aromatic N) is 1. The standard InChI is InChI=1S/C16H16F3N3OS/c1-10-4-2-7-14(20)13(10)9-22(24)15(23)21-12-6-3-5-11(8-12)16(17,18)19/h2-8,24H,9,20H2,1H3,(H,21,23). The number of alkyl halides is 3. The van der Waals surface area contributed by atoms with Gasteiger partial charge in [-0.25, -0.2) is 4.79 Å². The van der Waals surface area contributed by atoms with Crippen LogP contribution in [0.2, 0.25) is 0 Å². The van der Waals surface area contributed by atoms with Gasteiger partial charge < -0.3 is 11.1 Å². The molecule has 0 saturated carbocycles. The zero-order valence-corrected chi connectivity index (χ0v) is 13.7. The zero-order valence-electron chi connectivity index (χ0n) is 12.8. The lowest BCUT2D eigenvalue weighted by Crippen LogP contribution is -2.27. The molecule has 8 heteroatoms. The highest BCUT2D eigenvalue weighted by atomic mass is 32.1. The van der Waals surface area contributed by atoms with Crippen molar-refractivity contribution in [2.45, 2.75) is 19.6 Å². The minimum absolute atomic E-state index is 0.0339. The molecule has 0 bridgehead atoms. The number of halogens is 3. The summed E-state index contributed by atoms with van der Waals surface area (Å²) >= 11 is 4.09. The van der Waals surface area contributed by atoms with Crippen molar-refractivity contribution >= 4 is 30.2 Å². The summed E-state index contributed by atoms with van der Waals surface area (Å²) in [5.74, 6) is 0. The van der Waals surface area contributed by atoms with Crippen LogP contribution in [0.5, 0.6) is 0 Å². The number of amides is 2. The van der Waals surface area contributed by atoms with Gasteiger partial charge in [0.15, 0.2) is 0 Å². The first-order chi connectivity index (χ1) is 11.2. The van der Waals surface area contributed by atoms with Gasteiger partial charge in [0.25, 0.3) is 0 Å². The maximum atomic E-state index is 12.7. The maximum absolute atomic E-state index is 12.7. The Morgan fingerprint density at radius 1 is 1.25 bits per heavy atom. The molecule has 128 valence electrons. The first-order valence-corrected chi connectivity index (χ1v) is 7.37. The third kappa shape index (κ3) is 4.35. The second-order valence-corrected chi connectivity index (χ2v) is 5.69. The van der Waals surface area contributed by atoms with Crippen molar-refractivity contribution in [3.05, 3.63) is 59.2 Å². The van der Waals surface area contributed by atoms with Crippen molar-refractivity contribution in [1.29, 1.82) is 0 Å². The molecule has 0 atom stereocenters. The van der Waals surface area contributed by atoms with Gasteiger partial charge in [-0.3, -0.25) is 4.31 Å². The number of hydrogen-bond donors (Lipinski definition) is 3. The third-order valence-corrected chi connectivity index (χ3v) is 3.75. The number of nitrogens with one attached hydrogen (secondary N) is 1. The van der Waals surface area contributed by atoms with Crippen molar-refractivity contribution in [3.63, 3.8) is 0 Å². The maximum Gasteiger partial charge on any atom is 0.416 e. The molecule has 2 aromatic carbocycles. The molecule has 0 saturated heterocycles. The van der Waals surface area contributed by atoms with E-state index in [0.717, 1.165) is 27.6 Å². The van der Waals surface area contributed by atoms with Gasteiger partial charge in [0.05, 0.1) is 12.1 Å². The summed E-state index contributed by atoms with van der Waals surface area (Å²) in [5.41, 5.74) is 7.20. The highest BCUT2D eigenvalue weighted by Gasteiger charge is 2.30. The molecule has 2 aromatic rings. The second-order valence-electron chi connectivity index (χ2n) is 5.21. The van der Waals surface area contributed by atoms with Gasteiger partial charge in [0.2, 0.25) is 0 Å². The predicted octanol–water partition coefficient (Wildman–Crippen LogP) is 4.47. The normalized spacial score (nSPS) is 11.2. The molecule has 0 spiro atoms. The molecule has 0 aliphatic heterocycles. The average Bonchev–Trinajstić information content (AvgIpc) is 2.50. The number of carbonyl (C=O) groups is 1. The monoisotopic (exact) mass is 355 g/mol. The van der Waals surface area contributed by atoms with Crippen LogP contribution in [0.3, 0.4) is 0 Å². The number of nitrogen functional groups attached to an aromatic ring is 1. The van der Waals surface area contributed by atoms with E-state index in [1.807, 2.05) is 13.0 Å². The fraction of sp³-hybridized carbons (Fsp3) is 0.188. The van der Waals surface area contributed by atoms with E-state index in [1.165, 1.54) is 12.1 Å². The highest BCUT2D eigenvalue weighted by molar-refractivity contribution is 7.78. The first kappa shape index (κ1) is 18.0. The van der Waals surface area contributed by atoms with E-state index in [0.29, 0.717) is 5.69 Å². The second kappa shape index (κ2) is 7.04. The van der Waals surface area contributed by atoms with Gasteiger partial charge in [-0.15, -0.1) is 0 Å². The SMILES string of the molecule is Cc1cccc(N)c1CN(S)C(=O)Nc1cccc(C(F)(F)F)c1. The van der Waals surface area contributed by atoms with Crippen LogP contribution >= 0.6 is 12.8 Å². The topological polar surface area (TPSA) is 58.4 Å². The number of rotatable bonds is 3. The van der Waals surface area contributed by atoms with E-state index in [4.69, 9.17) is 5.73 Å². The van der Waals surface area contributed by atoms with Crippen LogP contribution in [0, 0.1) is 6.92 Å². The van der Waals surface area contributed by atoms with E-state index in [2.05, 4.69) is 18.1 Å². The fourth-order valence-electron chi connectivity index (χ4n) is 2.12. The summed E-state index contributed by atoms with van der Waals surface area (Å²) in [6.07, 6.45) is -4.48. The van der Waals surface area contributed by atoms with Crippen LogP contribution < -0.4 is 11.1 Å². The predicted molar refractivity (Wildman–Crippen MR) is 90.6 cm³/mol. The summed E-state index contributed by atoms with van der Waals surface area (Å²) in [4.78, 5) is 12.1. The summed E-state index contributed by atoms with van der Waals surface area (Å²) in [6.45, 7) is 1.96. The van der Waals surface area contributed by atoms with Crippen molar-refractivity contribution < 1.29 is 18.0 Å². The van der Waals surface area contributed by atoms with Gasteiger partial charge in [0.1, 0.15) is 0 Å². The lowest BCUT2D eigenvalue weighted by atomic mass is 10.1. The van der Waals surface area contributed by atoms with Crippen molar-refractivity contribution in [3.8, 4) is 0 Å². The molecule has 0 fully saturated rings. The number of nitrogens with two attached hydrogens (primary N) is 1. The Morgan fingerprint density at radius 3 is 2.54 bits per heavy atom. The van der Waals surface area contributed by atoms with Crippen LogP contribution in [0.15, 0.2) is 42.5 Å². The molecule has 2 rings (SSSR count). The van der Waals surface area contributed by atoms with Gasteiger partial charge >= 0.3 is 12.2 Å². The summed E-state index contributed by atoms with van der Waals surface area (Å²) in [5, 5.41) is 2.38. The van der Waals surface area contributed by atoms with E-state index in [9.17, 15) is 18.0 Å². The molecule has 4 nitrogen and oxygen atoms in total. The van der Waals surface area contributed by atoms with Gasteiger partial charge in [0, 0.05) is 11.4 Å². The lowest BCUT2D eigenvalue weighted by molar-refractivity contribution is -0.137. The number of benzene rings is 2. The van der Waals surface area contributed by atoms with E-state index in [1.54, 1.807) is 12.1 Å². The molecule has 0 radical (unpaired) electrons. The van der Waals surface area contributed by atoms with Crippen molar-refractivity contribution in [2.75, 3.05) is 11.1 Å². The van der Waals surface area contributed by atoms with E-state index >= 15 is 0 Å². The van der Waals surface area contributed by atoms with E-state index < -0.39 is 17.8 Å². The smallest absolute Gasteiger partial charge is 0.398 e. The Labute approximate surface area is 143 Å². The third-order valence-electron chi connectivity index (χ3n) is 3.43. The lowest BCUT2D eigenvalue weighted by Gasteiger charge is -2.19. The molecule has 0 aliphatic rings. The van der Waals surface area contributed by atoms with Crippen molar-refractivity contribution in [1.82, 2.24) is 4.31 Å². The summed E-state index contributed by atoms with van der Waals surface area (Å²) in [7, 11) is 0. The number of thiol groups is 1. The van der Waals surface area contributed by atoms with Crippen LogP contribution in [0.4, 0.5) is 29.3 Å². The number of hydrogen-bond acceptors (Lipinski definition) is 3. The van der Waals surface area contributed by atoms with E-state index in [-0.39, 0.29) is 12.2 Å². The number of carbonyl (C=O) groups excluding carboxylic acids is 1. The quantitative estimate of drug-likeness (QED) is 0.562. The van der Waals surface area contributed by atoms with Crippen molar-refractivity contribution in [2.24, 2.45) is 0 Å². The summed E-state index contributed by atoms with van der Waals surface area (Å²) < 4.78 is 39.1. The van der Waals surface area contributed by atoms with Gasteiger partial charge in [-0.2, -0.15) is 13.2 Å². The highest BCUT2D eigenvalue weighted by Crippen LogP contribution is 2.30. The Balaban J connectivity index is 2.10. The van der Waals surface area contributed by atoms with Gasteiger partial charge in [-0.1, -0.05) is 31.0 Å². The minimum Gasteiger partial charge on any atom is -0.398 e. The Kier molecular flexibility index (Phi) is 5.28. The van der Waals surface area contributed by atoms with Crippen LogP contribution in [-0.2, 0) is 12.7 Å². The van der Waals surface area contributed by atoms with Crippen LogP contribution in [0.25, 0.3) is 0 Å². The molecular weight excluding hydrogens is 339 g/mol. The first-order valence-electron chi connectivity index (χ1n) is 6.97. The molecule has 0 heterocycles.